The maximum Gasteiger partial charge on any atom is 0.167 e. The zero-order valence-electron chi connectivity index (χ0n) is 7.07. The fraction of sp³-hybridized carbons (Fsp3) is 0.100. The van der Waals surface area contributed by atoms with Gasteiger partial charge in [0, 0.05) is 5.39 Å². The van der Waals surface area contributed by atoms with Crippen molar-refractivity contribution in [3.63, 3.8) is 0 Å². The first-order valence-corrected chi connectivity index (χ1v) is 3.90. The van der Waals surface area contributed by atoms with Crippen LogP contribution in [0, 0.1) is 0 Å². The Balaban J connectivity index is 2.88. The summed E-state index contributed by atoms with van der Waals surface area (Å²) in [7, 11) is 0. The van der Waals surface area contributed by atoms with Gasteiger partial charge in [-0.2, -0.15) is 0 Å². The van der Waals surface area contributed by atoms with Crippen molar-refractivity contribution in [1.82, 2.24) is 0 Å². The van der Waals surface area contributed by atoms with Crippen LogP contribution in [0.4, 0.5) is 0 Å². The summed E-state index contributed by atoms with van der Waals surface area (Å²) in [5.74, 6) is -0.229. The Morgan fingerprint density at radius 3 is 2.85 bits per heavy atom. The summed E-state index contributed by atoms with van der Waals surface area (Å²) in [5.41, 5.74) is 0.704. The number of Topliss-reactive ketones (excluding diaryl/α,β-unsaturated/α-hetero) is 1. The quantitative estimate of drug-likeness (QED) is 0.678. The van der Waals surface area contributed by atoms with E-state index in [1.165, 1.54) is 19.3 Å². The van der Waals surface area contributed by atoms with Crippen LogP contribution >= 0.6 is 0 Å². The molecule has 66 valence electrons. The van der Waals surface area contributed by atoms with Gasteiger partial charge in [0.2, 0.25) is 0 Å². The molecule has 1 aromatic heterocycles. The van der Waals surface area contributed by atoms with Crippen molar-refractivity contribution in [3.05, 3.63) is 30.0 Å². The molecule has 0 spiro atoms. The minimum Gasteiger partial charge on any atom is -0.507 e. The molecule has 0 fully saturated rings. The van der Waals surface area contributed by atoms with Gasteiger partial charge in [-0.05, 0) is 25.1 Å². The molecule has 0 aliphatic heterocycles. The SMILES string of the molecule is CC(=O)c1c(O)ccc2ccoc12. The van der Waals surface area contributed by atoms with Crippen LogP contribution in [-0.4, -0.2) is 10.9 Å². The molecule has 0 saturated carbocycles. The number of carbonyl (C=O) groups is 1. The molecule has 0 aliphatic carbocycles. The molecular weight excluding hydrogens is 168 g/mol. The fourth-order valence-electron chi connectivity index (χ4n) is 1.36. The Kier molecular flexibility index (Phi) is 1.59. The first-order chi connectivity index (χ1) is 6.20. The van der Waals surface area contributed by atoms with Crippen molar-refractivity contribution in [2.75, 3.05) is 0 Å². The highest BCUT2D eigenvalue weighted by Gasteiger charge is 2.13. The predicted molar refractivity (Wildman–Crippen MR) is 47.9 cm³/mol. The molecule has 3 nitrogen and oxygen atoms in total. The second-order valence-electron chi connectivity index (χ2n) is 2.85. The van der Waals surface area contributed by atoms with Gasteiger partial charge in [-0.15, -0.1) is 0 Å². The molecule has 1 aromatic carbocycles. The standard InChI is InChI=1S/C10H8O3/c1-6(11)9-8(12)3-2-7-4-5-13-10(7)9/h2-5,12H,1H3. The minimum absolute atomic E-state index is 0.0325. The lowest BCUT2D eigenvalue weighted by molar-refractivity contribution is 0.101. The molecule has 3 heteroatoms. The molecule has 0 aliphatic rings. The van der Waals surface area contributed by atoms with E-state index in [0.717, 1.165) is 5.39 Å². The number of hydrogen-bond acceptors (Lipinski definition) is 3. The maximum atomic E-state index is 11.2. The highest BCUT2D eigenvalue weighted by molar-refractivity contribution is 6.07. The van der Waals surface area contributed by atoms with Gasteiger partial charge in [0.15, 0.2) is 5.78 Å². The number of phenolic OH excluding ortho intramolecular Hbond substituents is 1. The summed E-state index contributed by atoms with van der Waals surface area (Å²) in [4.78, 5) is 11.2. The number of furan rings is 1. The van der Waals surface area contributed by atoms with Crippen LogP contribution in [0.3, 0.4) is 0 Å². The predicted octanol–water partition coefficient (Wildman–Crippen LogP) is 2.34. The van der Waals surface area contributed by atoms with Gasteiger partial charge in [-0.25, -0.2) is 0 Å². The number of aromatic hydroxyl groups is 1. The van der Waals surface area contributed by atoms with Crippen LogP contribution < -0.4 is 0 Å². The number of ketones is 1. The smallest absolute Gasteiger partial charge is 0.167 e. The normalized spacial score (nSPS) is 10.5. The highest BCUT2D eigenvalue weighted by atomic mass is 16.3. The van der Waals surface area contributed by atoms with Crippen molar-refractivity contribution in [1.29, 1.82) is 0 Å². The number of carbonyl (C=O) groups excluding carboxylic acids is 1. The first-order valence-electron chi connectivity index (χ1n) is 3.90. The van der Waals surface area contributed by atoms with E-state index in [-0.39, 0.29) is 17.1 Å². The zero-order chi connectivity index (χ0) is 9.42. The van der Waals surface area contributed by atoms with Crippen LogP contribution in [0.15, 0.2) is 28.9 Å². The Bertz CT molecular complexity index is 468. The molecule has 13 heavy (non-hydrogen) atoms. The Hall–Kier alpha value is -1.77. The molecule has 1 heterocycles. The maximum absolute atomic E-state index is 11.2. The topological polar surface area (TPSA) is 50.4 Å². The average Bonchev–Trinajstić information content (AvgIpc) is 2.50. The lowest BCUT2D eigenvalue weighted by atomic mass is 10.1. The van der Waals surface area contributed by atoms with E-state index in [2.05, 4.69) is 0 Å². The highest BCUT2D eigenvalue weighted by Crippen LogP contribution is 2.27. The summed E-state index contributed by atoms with van der Waals surface area (Å²) in [6.07, 6.45) is 1.50. The summed E-state index contributed by atoms with van der Waals surface area (Å²) < 4.78 is 5.11. The molecule has 1 N–H and O–H groups in total. The second kappa shape index (κ2) is 2.62. The molecule has 0 amide bonds. The molecular formula is C10H8O3. The lowest BCUT2D eigenvalue weighted by Crippen LogP contribution is -1.92. The van der Waals surface area contributed by atoms with Gasteiger partial charge in [0.1, 0.15) is 16.9 Å². The number of fused-ring (bicyclic) bond motifs is 1. The molecule has 0 atom stereocenters. The minimum atomic E-state index is -0.196. The van der Waals surface area contributed by atoms with E-state index in [1.54, 1.807) is 12.1 Å². The van der Waals surface area contributed by atoms with Gasteiger partial charge in [-0.1, -0.05) is 0 Å². The molecule has 0 bridgehead atoms. The monoisotopic (exact) mass is 176 g/mol. The van der Waals surface area contributed by atoms with Gasteiger partial charge >= 0.3 is 0 Å². The van der Waals surface area contributed by atoms with Crippen molar-refractivity contribution in [2.24, 2.45) is 0 Å². The second-order valence-corrected chi connectivity index (χ2v) is 2.85. The summed E-state index contributed by atoms with van der Waals surface area (Å²) >= 11 is 0. The van der Waals surface area contributed by atoms with Crippen LogP contribution in [-0.2, 0) is 0 Å². The van der Waals surface area contributed by atoms with Gasteiger partial charge in [-0.3, -0.25) is 4.79 Å². The zero-order valence-corrected chi connectivity index (χ0v) is 7.07. The Labute approximate surface area is 74.6 Å². The third-order valence-electron chi connectivity index (χ3n) is 1.95. The molecule has 0 radical (unpaired) electrons. The first kappa shape index (κ1) is 7.86. The Morgan fingerprint density at radius 2 is 2.15 bits per heavy atom. The summed E-state index contributed by atoms with van der Waals surface area (Å²) in [6.45, 7) is 1.40. The number of benzene rings is 1. The number of phenols is 1. The number of rotatable bonds is 1. The Morgan fingerprint density at radius 1 is 1.38 bits per heavy atom. The van der Waals surface area contributed by atoms with Gasteiger partial charge < -0.3 is 9.52 Å². The van der Waals surface area contributed by atoms with Crippen LogP contribution in [0.5, 0.6) is 5.75 Å². The molecule has 2 rings (SSSR count). The third kappa shape index (κ3) is 1.09. The van der Waals surface area contributed by atoms with Gasteiger partial charge in [0.25, 0.3) is 0 Å². The molecule has 0 saturated heterocycles. The van der Waals surface area contributed by atoms with E-state index >= 15 is 0 Å². The van der Waals surface area contributed by atoms with Crippen molar-refractivity contribution < 1.29 is 14.3 Å². The molecule has 0 unspecified atom stereocenters. The van der Waals surface area contributed by atoms with Crippen molar-refractivity contribution in [3.8, 4) is 5.75 Å². The van der Waals surface area contributed by atoms with Crippen LogP contribution in [0.2, 0.25) is 0 Å². The number of hydrogen-bond donors (Lipinski definition) is 1. The fourth-order valence-corrected chi connectivity index (χ4v) is 1.36. The van der Waals surface area contributed by atoms with E-state index < -0.39 is 0 Å². The van der Waals surface area contributed by atoms with E-state index in [1.807, 2.05) is 0 Å². The van der Waals surface area contributed by atoms with Crippen molar-refractivity contribution in [2.45, 2.75) is 6.92 Å². The average molecular weight is 176 g/mol. The third-order valence-corrected chi connectivity index (χ3v) is 1.95. The van der Waals surface area contributed by atoms with E-state index in [0.29, 0.717) is 5.58 Å². The van der Waals surface area contributed by atoms with Crippen molar-refractivity contribution >= 4 is 16.8 Å². The summed E-state index contributed by atoms with van der Waals surface area (Å²) in [5, 5.41) is 10.2. The van der Waals surface area contributed by atoms with Crippen LogP contribution in [0.1, 0.15) is 17.3 Å². The largest absolute Gasteiger partial charge is 0.507 e. The van der Waals surface area contributed by atoms with E-state index in [9.17, 15) is 9.90 Å². The molecule has 2 aromatic rings. The van der Waals surface area contributed by atoms with E-state index in [4.69, 9.17) is 4.42 Å². The summed E-state index contributed by atoms with van der Waals surface area (Å²) in [6, 6.07) is 4.95. The lowest BCUT2D eigenvalue weighted by Gasteiger charge is -1.99. The van der Waals surface area contributed by atoms with Crippen LogP contribution in [0.25, 0.3) is 11.0 Å². The van der Waals surface area contributed by atoms with Gasteiger partial charge in [0.05, 0.1) is 6.26 Å².